The van der Waals surface area contributed by atoms with E-state index in [4.69, 9.17) is 0 Å². The lowest BCUT2D eigenvalue weighted by atomic mass is 9.40. The SMILES string of the molecule is C=C1[C@H]2CC[C@]3([C@@H](C2)[C@@]24CCC[C@@]5(C)CN(CC)[C@@H]2[C@@H]3C[C@H]54)[C@@H]1O. The molecule has 9 atom stereocenters. The number of likely N-dealkylation sites (tertiary alicyclic amines) is 1. The molecular weight excluding hydrogens is 294 g/mol. The van der Waals surface area contributed by atoms with Gasteiger partial charge in [-0.15, -0.1) is 0 Å². The Morgan fingerprint density at radius 2 is 2.00 bits per heavy atom. The fourth-order valence-corrected chi connectivity index (χ4v) is 10.0. The van der Waals surface area contributed by atoms with Crippen LogP contribution in [0, 0.1) is 39.9 Å². The van der Waals surface area contributed by atoms with Crippen molar-refractivity contribution in [2.75, 3.05) is 13.1 Å². The standard InChI is InChI=1S/C22H33NO/c1-4-23-12-20(3)7-5-8-22-16(20)11-15(18(22)23)21-9-6-14(10-17(21)22)13(2)19(21)24/h14-19,24H,2,4-12H2,1,3H3/t14-,15-,16+,17+,18+,19+,20-,21-,22-/m0/s1. The Hall–Kier alpha value is -0.340. The van der Waals surface area contributed by atoms with Crippen molar-refractivity contribution in [1.82, 2.24) is 4.90 Å². The molecule has 7 aliphatic rings. The maximum Gasteiger partial charge on any atom is 0.0812 e. The Balaban J connectivity index is 1.58. The zero-order chi connectivity index (χ0) is 16.5. The Morgan fingerprint density at radius 1 is 1.17 bits per heavy atom. The van der Waals surface area contributed by atoms with Crippen molar-refractivity contribution in [2.24, 2.45) is 39.9 Å². The highest BCUT2D eigenvalue weighted by molar-refractivity contribution is 5.36. The summed E-state index contributed by atoms with van der Waals surface area (Å²) >= 11 is 0. The second-order valence-corrected chi connectivity index (χ2v) is 10.6. The van der Waals surface area contributed by atoms with Gasteiger partial charge in [0, 0.05) is 18.0 Å². The largest absolute Gasteiger partial charge is 0.388 e. The second-order valence-electron chi connectivity index (χ2n) is 10.6. The summed E-state index contributed by atoms with van der Waals surface area (Å²) in [7, 11) is 0. The average Bonchev–Trinajstić information content (AvgIpc) is 2.99. The van der Waals surface area contributed by atoms with Gasteiger partial charge in [0.2, 0.25) is 0 Å². The minimum atomic E-state index is -0.201. The predicted octanol–water partition coefficient (Wildman–Crippen LogP) is 3.85. The summed E-state index contributed by atoms with van der Waals surface area (Å²) in [6.07, 6.45) is 9.47. The van der Waals surface area contributed by atoms with Crippen molar-refractivity contribution in [3.8, 4) is 0 Å². The minimum absolute atomic E-state index is 0.197. The van der Waals surface area contributed by atoms with E-state index in [0.717, 1.165) is 23.8 Å². The van der Waals surface area contributed by atoms with Crippen LogP contribution < -0.4 is 0 Å². The van der Waals surface area contributed by atoms with Crippen molar-refractivity contribution in [3.05, 3.63) is 12.2 Å². The quantitative estimate of drug-likeness (QED) is 0.740. The van der Waals surface area contributed by atoms with Crippen LogP contribution in [0.4, 0.5) is 0 Å². The molecule has 7 fully saturated rings. The Morgan fingerprint density at radius 3 is 2.79 bits per heavy atom. The number of nitrogens with zero attached hydrogens (tertiary/aromatic N) is 1. The number of aliphatic hydroxyl groups excluding tert-OH is 1. The van der Waals surface area contributed by atoms with Gasteiger partial charge in [0.05, 0.1) is 6.10 Å². The van der Waals surface area contributed by atoms with Gasteiger partial charge in [0.15, 0.2) is 0 Å². The normalized spacial score (nSPS) is 63.7. The number of hydrogen-bond donors (Lipinski definition) is 1. The lowest BCUT2D eigenvalue weighted by Gasteiger charge is -2.67. The number of hydrogen-bond acceptors (Lipinski definition) is 2. The van der Waals surface area contributed by atoms with Crippen LogP contribution in [0.5, 0.6) is 0 Å². The van der Waals surface area contributed by atoms with E-state index in [-0.39, 0.29) is 11.5 Å². The van der Waals surface area contributed by atoms with Gasteiger partial charge < -0.3 is 5.11 Å². The molecule has 7 rings (SSSR count). The van der Waals surface area contributed by atoms with Crippen molar-refractivity contribution >= 4 is 0 Å². The highest BCUT2D eigenvalue weighted by Gasteiger charge is 2.82. The molecule has 132 valence electrons. The summed E-state index contributed by atoms with van der Waals surface area (Å²) in [5, 5.41) is 11.4. The first kappa shape index (κ1) is 14.8. The van der Waals surface area contributed by atoms with Crippen molar-refractivity contribution in [1.29, 1.82) is 0 Å². The van der Waals surface area contributed by atoms with Gasteiger partial charge in [0.1, 0.15) is 0 Å². The zero-order valence-electron chi connectivity index (χ0n) is 15.4. The predicted molar refractivity (Wildman–Crippen MR) is 95.4 cm³/mol. The molecule has 7 bridgehead atoms. The third-order valence-corrected chi connectivity index (χ3v) is 10.5. The van der Waals surface area contributed by atoms with E-state index in [0.29, 0.717) is 16.7 Å². The molecule has 1 heterocycles. The number of piperidine rings is 1. The van der Waals surface area contributed by atoms with E-state index in [2.05, 4.69) is 25.3 Å². The van der Waals surface area contributed by atoms with Crippen molar-refractivity contribution < 1.29 is 5.11 Å². The summed E-state index contributed by atoms with van der Waals surface area (Å²) < 4.78 is 0. The third-order valence-electron chi connectivity index (χ3n) is 10.5. The van der Waals surface area contributed by atoms with Crippen molar-refractivity contribution in [2.45, 2.75) is 70.9 Å². The smallest absolute Gasteiger partial charge is 0.0812 e. The van der Waals surface area contributed by atoms with Crippen LogP contribution in [0.2, 0.25) is 0 Å². The Labute approximate surface area is 146 Å². The molecule has 1 saturated heterocycles. The fraction of sp³-hybridized carbons (Fsp3) is 0.909. The highest BCUT2D eigenvalue weighted by Crippen LogP contribution is 2.83. The molecule has 0 amide bonds. The summed E-state index contributed by atoms with van der Waals surface area (Å²) in [4.78, 5) is 2.88. The van der Waals surface area contributed by atoms with Crippen LogP contribution in [0.15, 0.2) is 12.2 Å². The van der Waals surface area contributed by atoms with Crippen LogP contribution in [-0.4, -0.2) is 35.2 Å². The molecule has 0 aromatic heterocycles. The van der Waals surface area contributed by atoms with Gasteiger partial charge in [0.25, 0.3) is 0 Å². The van der Waals surface area contributed by atoms with Crippen LogP contribution in [-0.2, 0) is 0 Å². The van der Waals surface area contributed by atoms with Gasteiger partial charge in [-0.25, -0.2) is 0 Å². The molecule has 2 heteroatoms. The first-order valence-electron chi connectivity index (χ1n) is 10.6. The van der Waals surface area contributed by atoms with Crippen molar-refractivity contribution in [3.63, 3.8) is 0 Å². The molecule has 0 radical (unpaired) electrons. The first-order valence-corrected chi connectivity index (χ1v) is 10.6. The molecule has 2 nitrogen and oxygen atoms in total. The van der Waals surface area contributed by atoms with Crippen LogP contribution >= 0.6 is 0 Å². The second kappa shape index (κ2) is 4.14. The molecule has 0 aromatic carbocycles. The van der Waals surface area contributed by atoms with Gasteiger partial charge >= 0.3 is 0 Å². The Kier molecular flexibility index (Phi) is 2.55. The Bertz CT molecular complexity index is 629. The topological polar surface area (TPSA) is 23.5 Å². The van der Waals surface area contributed by atoms with Crippen LogP contribution in [0.25, 0.3) is 0 Å². The maximum absolute atomic E-state index is 11.4. The molecule has 1 aliphatic heterocycles. The van der Waals surface area contributed by atoms with E-state index in [1.165, 1.54) is 63.6 Å². The molecule has 24 heavy (non-hydrogen) atoms. The third kappa shape index (κ3) is 1.23. The molecule has 6 saturated carbocycles. The zero-order valence-corrected chi connectivity index (χ0v) is 15.4. The summed E-state index contributed by atoms with van der Waals surface area (Å²) in [6, 6.07) is 0.769. The lowest BCUT2D eigenvalue weighted by molar-refractivity contribution is -0.186. The molecule has 1 N–H and O–H groups in total. The maximum atomic E-state index is 11.4. The van der Waals surface area contributed by atoms with E-state index >= 15 is 0 Å². The molecular formula is C22H33NO. The molecule has 0 unspecified atom stereocenters. The van der Waals surface area contributed by atoms with Gasteiger partial charge in [-0.3, -0.25) is 4.90 Å². The number of rotatable bonds is 1. The van der Waals surface area contributed by atoms with E-state index in [9.17, 15) is 5.11 Å². The van der Waals surface area contributed by atoms with E-state index in [1.54, 1.807) is 0 Å². The van der Waals surface area contributed by atoms with Gasteiger partial charge in [-0.05, 0) is 85.1 Å². The van der Waals surface area contributed by atoms with Crippen LogP contribution in [0.3, 0.4) is 0 Å². The molecule has 2 spiro atoms. The number of fused-ring (bicyclic) bond motifs is 2. The lowest BCUT2D eigenvalue weighted by Crippen LogP contribution is -2.65. The summed E-state index contributed by atoms with van der Waals surface area (Å²) in [5.41, 5.74) is 2.48. The van der Waals surface area contributed by atoms with Gasteiger partial charge in [-0.2, -0.15) is 0 Å². The highest BCUT2D eigenvalue weighted by atomic mass is 16.3. The monoisotopic (exact) mass is 327 g/mol. The van der Waals surface area contributed by atoms with Gasteiger partial charge in [-0.1, -0.05) is 26.8 Å². The molecule has 6 aliphatic carbocycles. The first-order chi connectivity index (χ1) is 11.5. The molecule has 0 aromatic rings. The van der Waals surface area contributed by atoms with Crippen LogP contribution in [0.1, 0.15) is 58.8 Å². The summed E-state index contributed by atoms with van der Waals surface area (Å²) in [6.45, 7) is 11.9. The minimum Gasteiger partial charge on any atom is -0.388 e. The average molecular weight is 328 g/mol. The summed E-state index contributed by atoms with van der Waals surface area (Å²) in [5.74, 6) is 3.07. The van der Waals surface area contributed by atoms with E-state index < -0.39 is 0 Å². The number of aliphatic hydroxyl groups is 1. The van der Waals surface area contributed by atoms with E-state index in [1.807, 2.05) is 0 Å². The fourth-order valence-electron chi connectivity index (χ4n) is 10.0.